The first kappa shape index (κ1) is 47.7. The second-order valence-corrected chi connectivity index (χ2v) is 32.2. The minimum atomic E-state index is -2.12. The summed E-state index contributed by atoms with van der Waals surface area (Å²) in [5.74, 6) is 0.384. The molecule has 0 heterocycles. The van der Waals surface area contributed by atoms with Crippen molar-refractivity contribution in [2.24, 2.45) is 17.8 Å². The lowest BCUT2D eigenvalue weighted by atomic mass is 9.88. The van der Waals surface area contributed by atoms with Crippen LogP contribution in [0.25, 0.3) is 0 Å². The lowest BCUT2D eigenvalue weighted by molar-refractivity contribution is -0.141. The van der Waals surface area contributed by atoms with Gasteiger partial charge in [0, 0.05) is 32.0 Å². The molecule has 0 amide bonds. The molecule has 0 radical (unpaired) electrons. The second-order valence-electron chi connectivity index (χ2n) is 17.3. The second kappa shape index (κ2) is 21.3. The molecule has 0 unspecified atom stereocenters. The molecule has 0 aromatic carbocycles. The quantitative estimate of drug-likeness (QED) is 0.0560. The zero-order chi connectivity index (χ0) is 37.7. The van der Waals surface area contributed by atoms with Crippen LogP contribution in [0.5, 0.6) is 0 Å². The highest BCUT2D eigenvalue weighted by molar-refractivity contribution is 6.77. The van der Waals surface area contributed by atoms with Crippen LogP contribution in [0, 0.1) is 17.8 Å². The van der Waals surface area contributed by atoms with Gasteiger partial charge < -0.3 is 22.8 Å². The number of hydrogen-bond donors (Lipinski definition) is 0. The van der Waals surface area contributed by atoms with Gasteiger partial charge in [-0.05, 0) is 71.6 Å². The minimum Gasteiger partial charge on any atom is -0.469 e. The maximum absolute atomic E-state index is 11.9. The summed E-state index contributed by atoms with van der Waals surface area (Å²) < 4.78 is 32.8. The van der Waals surface area contributed by atoms with E-state index < -0.39 is 25.0 Å². The molecule has 0 aliphatic heterocycles. The van der Waals surface area contributed by atoms with Crippen molar-refractivity contribution in [3.63, 3.8) is 0 Å². The van der Waals surface area contributed by atoms with E-state index in [0.29, 0.717) is 29.7 Å². The van der Waals surface area contributed by atoms with Crippen molar-refractivity contribution in [1.29, 1.82) is 0 Å². The molecule has 9 heteroatoms. The Bertz CT molecular complexity index is 895. The lowest BCUT2D eigenvalue weighted by Crippen LogP contribution is -2.53. The molecule has 0 N–H and O–H groups in total. The monoisotopic (exact) mass is 731 g/mol. The SMILES string of the molecule is CC[Si](CC)(CC)O[C@@H](C/C=C/[C@@H](C[C@H](C)CC(=O)OC)OC)[C@@H](C)[C@@H](O[Si](C)(C)C(C)(C)C)[C@@H](C)CO[Si](C(C)C)(C(C)C)C(C)C. The fourth-order valence-electron chi connectivity index (χ4n) is 7.50. The molecule has 6 atom stereocenters. The summed E-state index contributed by atoms with van der Waals surface area (Å²) in [6, 6.07) is 3.32. The Morgan fingerprint density at radius 2 is 1.29 bits per heavy atom. The van der Waals surface area contributed by atoms with Crippen LogP contribution in [0.4, 0.5) is 0 Å². The first-order chi connectivity index (χ1) is 22.0. The average Bonchev–Trinajstić information content (AvgIpc) is 2.99. The summed E-state index contributed by atoms with van der Waals surface area (Å²) in [5, 5.41) is 0.0927. The molecule has 0 rings (SSSR count). The van der Waals surface area contributed by atoms with Crippen molar-refractivity contribution in [3.8, 4) is 0 Å². The van der Waals surface area contributed by atoms with Gasteiger partial charge in [0.1, 0.15) is 0 Å². The van der Waals surface area contributed by atoms with Crippen molar-refractivity contribution >= 4 is 30.9 Å². The van der Waals surface area contributed by atoms with Crippen LogP contribution in [0.2, 0.25) is 52.9 Å². The zero-order valence-electron chi connectivity index (χ0n) is 35.3. The normalized spacial score (nSPS) is 17.6. The van der Waals surface area contributed by atoms with Crippen LogP contribution < -0.4 is 0 Å². The van der Waals surface area contributed by atoms with E-state index in [9.17, 15) is 4.79 Å². The first-order valence-electron chi connectivity index (χ1n) is 19.3. The predicted octanol–water partition coefficient (Wildman–Crippen LogP) is 11.8. The van der Waals surface area contributed by atoms with Crippen LogP contribution in [0.15, 0.2) is 12.2 Å². The highest BCUT2D eigenvalue weighted by Gasteiger charge is 2.47. The summed E-state index contributed by atoms with van der Waals surface area (Å²) in [6.07, 6.45) is 6.36. The largest absolute Gasteiger partial charge is 0.469 e. The minimum absolute atomic E-state index is 0.0121. The van der Waals surface area contributed by atoms with E-state index in [-0.39, 0.29) is 47.1 Å². The Morgan fingerprint density at radius 3 is 1.69 bits per heavy atom. The molecule has 0 spiro atoms. The van der Waals surface area contributed by atoms with Gasteiger partial charge in [0.05, 0.1) is 25.4 Å². The molecule has 0 aromatic rings. The average molecular weight is 731 g/mol. The summed E-state index contributed by atoms with van der Waals surface area (Å²) in [6.45, 7) is 40.4. The maximum Gasteiger partial charge on any atom is 0.305 e. The molecule has 286 valence electrons. The third-order valence-corrected chi connectivity index (χ3v) is 27.2. The van der Waals surface area contributed by atoms with E-state index >= 15 is 0 Å². The fourth-order valence-corrected chi connectivity index (χ4v) is 17.5. The molecule has 0 saturated heterocycles. The molecule has 0 aliphatic rings. The van der Waals surface area contributed by atoms with Gasteiger partial charge >= 0.3 is 5.97 Å². The smallest absolute Gasteiger partial charge is 0.305 e. The highest BCUT2D eigenvalue weighted by Crippen LogP contribution is 2.44. The third-order valence-electron chi connectivity index (χ3n) is 11.9. The molecular formula is C39H82O6Si3. The summed E-state index contributed by atoms with van der Waals surface area (Å²) in [4.78, 5) is 11.9. The van der Waals surface area contributed by atoms with Gasteiger partial charge in [-0.3, -0.25) is 4.79 Å². The van der Waals surface area contributed by atoms with E-state index in [2.05, 4.69) is 129 Å². The fraction of sp³-hybridized carbons (Fsp3) is 0.923. The Morgan fingerprint density at radius 1 is 0.792 bits per heavy atom. The van der Waals surface area contributed by atoms with Crippen molar-refractivity contribution in [2.75, 3.05) is 20.8 Å². The Balaban J connectivity index is 6.74. The van der Waals surface area contributed by atoms with Crippen LogP contribution in [0.3, 0.4) is 0 Å². The molecule has 48 heavy (non-hydrogen) atoms. The number of hydrogen-bond acceptors (Lipinski definition) is 6. The van der Waals surface area contributed by atoms with E-state index in [4.69, 9.17) is 22.8 Å². The Labute approximate surface area is 302 Å². The van der Waals surface area contributed by atoms with Gasteiger partial charge in [0.25, 0.3) is 0 Å². The third kappa shape index (κ3) is 13.7. The molecule has 6 nitrogen and oxygen atoms in total. The summed E-state index contributed by atoms with van der Waals surface area (Å²) >= 11 is 0. The first-order valence-corrected chi connectivity index (χ1v) is 26.9. The van der Waals surface area contributed by atoms with Gasteiger partial charge in [0.2, 0.25) is 0 Å². The number of ether oxygens (including phenoxy) is 2. The zero-order valence-corrected chi connectivity index (χ0v) is 38.3. The van der Waals surface area contributed by atoms with Crippen molar-refractivity contribution < 1.29 is 27.5 Å². The molecule has 0 fully saturated rings. The van der Waals surface area contributed by atoms with Crippen molar-refractivity contribution in [2.45, 2.75) is 194 Å². The van der Waals surface area contributed by atoms with Crippen LogP contribution in [-0.2, 0) is 27.5 Å². The van der Waals surface area contributed by atoms with E-state index in [1.807, 2.05) is 0 Å². The van der Waals surface area contributed by atoms with Crippen LogP contribution in [-0.4, -0.2) is 70.1 Å². The Hall–Kier alpha value is -0.299. The number of methoxy groups -OCH3 is 2. The summed E-state index contributed by atoms with van der Waals surface area (Å²) in [7, 11) is -2.89. The van der Waals surface area contributed by atoms with Gasteiger partial charge in [-0.25, -0.2) is 0 Å². The number of esters is 1. The van der Waals surface area contributed by atoms with Gasteiger partial charge in [0.15, 0.2) is 25.0 Å². The Kier molecular flexibility index (Phi) is 21.1. The topological polar surface area (TPSA) is 63.2 Å². The number of carbonyl (C=O) groups excluding carboxylic acids is 1. The van der Waals surface area contributed by atoms with Gasteiger partial charge in [-0.2, -0.15) is 0 Å². The van der Waals surface area contributed by atoms with E-state index in [1.165, 1.54) is 7.11 Å². The molecule has 0 aliphatic carbocycles. The molecule has 0 aromatic heterocycles. The lowest BCUT2D eigenvalue weighted by Gasteiger charge is -2.47. The number of carbonyl (C=O) groups is 1. The van der Waals surface area contributed by atoms with Crippen LogP contribution >= 0.6 is 0 Å². The van der Waals surface area contributed by atoms with Crippen molar-refractivity contribution in [1.82, 2.24) is 0 Å². The molecule has 0 bridgehead atoms. The molecule has 0 saturated carbocycles. The van der Waals surface area contributed by atoms with Crippen molar-refractivity contribution in [3.05, 3.63) is 12.2 Å². The van der Waals surface area contributed by atoms with E-state index in [1.54, 1.807) is 7.11 Å². The standard InChI is InChI=1S/C39H82O6Si3/c1-20-47(21-2,22-3)44-36(25-23-24-35(41-16)26-32(10)27-37(40)42-17)34(12)38(45-46(18,19)39(13,14)15)33(11)28-43-48(29(4)5,30(6)7)31(8)9/h23-24,29-36,38H,20-22,25-28H2,1-19H3/b24-23+/t32-,33-,34+,35-,36-,38-/m0/s1. The van der Waals surface area contributed by atoms with Crippen LogP contribution in [0.1, 0.15) is 123 Å². The highest BCUT2D eigenvalue weighted by atomic mass is 28.4. The summed E-state index contributed by atoms with van der Waals surface area (Å²) in [5.41, 5.74) is 1.62. The van der Waals surface area contributed by atoms with Gasteiger partial charge in [-0.1, -0.05) is 116 Å². The van der Waals surface area contributed by atoms with Gasteiger partial charge in [-0.15, -0.1) is 0 Å². The predicted molar refractivity (Wildman–Crippen MR) is 214 cm³/mol. The number of rotatable bonds is 24. The molecular weight excluding hydrogens is 649 g/mol. The maximum atomic E-state index is 11.9. The van der Waals surface area contributed by atoms with E-state index in [0.717, 1.165) is 31.0 Å².